The van der Waals surface area contributed by atoms with E-state index >= 15 is 0 Å². The van der Waals surface area contributed by atoms with E-state index in [2.05, 4.69) is 20.5 Å². The predicted molar refractivity (Wildman–Crippen MR) is 62.2 cm³/mol. The first-order valence-corrected chi connectivity index (χ1v) is 5.41. The number of nitrogens with one attached hydrogen (secondary N) is 1. The molecule has 1 atom stereocenters. The van der Waals surface area contributed by atoms with Gasteiger partial charge in [-0.15, -0.1) is 10.2 Å². The lowest BCUT2D eigenvalue weighted by molar-refractivity contribution is 0.639. The van der Waals surface area contributed by atoms with Crippen molar-refractivity contribution >= 4 is 11.5 Å². The van der Waals surface area contributed by atoms with Crippen molar-refractivity contribution in [1.82, 2.24) is 19.6 Å². The highest BCUT2D eigenvalue weighted by Crippen LogP contribution is 2.09. The van der Waals surface area contributed by atoms with Crippen LogP contribution in [0.1, 0.15) is 19.8 Å². The first-order chi connectivity index (χ1) is 7.77. The number of aromatic nitrogens is 4. The molecule has 0 radical (unpaired) electrons. The molecule has 0 bridgehead atoms. The van der Waals surface area contributed by atoms with Gasteiger partial charge in [-0.25, -0.2) is 4.98 Å². The van der Waals surface area contributed by atoms with Gasteiger partial charge in [-0.2, -0.15) is 0 Å². The Morgan fingerprint density at radius 1 is 1.56 bits per heavy atom. The summed E-state index contributed by atoms with van der Waals surface area (Å²) in [6.07, 6.45) is 7.23. The van der Waals surface area contributed by atoms with Crippen molar-refractivity contribution in [2.75, 3.05) is 11.9 Å². The van der Waals surface area contributed by atoms with Gasteiger partial charge in [0.25, 0.3) is 0 Å². The van der Waals surface area contributed by atoms with Crippen LogP contribution in [0.4, 0.5) is 5.82 Å². The summed E-state index contributed by atoms with van der Waals surface area (Å²) in [6, 6.07) is 0.249. The zero-order chi connectivity index (χ0) is 11.4. The van der Waals surface area contributed by atoms with Crippen molar-refractivity contribution in [2.24, 2.45) is 5.73 Å². The molecule has 3 N–H and O–H groups in total. The number of fused-ring (bicyclic) bond motifs is 1. The molecule has 0 aliphatic carbocycles. The smallest absolute Gasteiger partial charge is 0.203 e. The molecule has 0 aliphatic heterocycles. The normalized spacial score (nSPS) is 12.9. The molecule has 86 valence electrons. The molecule has 2 heterocycles. The van der Waals surface area contributed by atoms with Gasteiger partial charge in [0.2, 0.25) is 5.65 Å². The van der Waals surface area contributed by atoms with Gasteiger partial charge in [0, 0.05) is 25.0 Å². The van der Waals surface area contributed by atoms with Crippen LogP contribution in [-0.2, 0) is 0 Å². The minimum absolute atomic E-state index is 0.249. The second-order valence-electron chi connectivity index (χ2n) is 3.88. The monoisotopic (exact) mass is 220 g/mol. The third-order valence-electron chi connectivity index (χ3n) is 2.34. The Morgan fingerprint density at radius 3 is 3.25 bits per heavy atom. The van der Waals surface area contributed by atoms with E-state index in [1.54, 1.807) is 12.5 Å². The van der Waals surface area contributed by atoms with Crippen molar-refractivity contribution in [3.05, 3.63) is 18.7 Å². The van der Waals surface area contributed by atoms with Crippen LogP contribution >= 0.6 is 0 Å². The summed E-state index contributed by atoms with van der Waals surface area (Å²) in [6.45, 7) is 2.86. The molecule has 0 aromatic carbocycles. The minimum atomic E-state index is 0.249. The standard InChI is InChI=1S/C10H16N6/c1-8(11)3-2-4-12-9-10-15-14-7-16(10)6-5-13-9/h5-8H,2-4,11H2,1H3,(H,12,13). The average Bonchev–Trinajstić information content (AvgIpc) is 2.72. The van der Waals surface area contributed by atoms with Crippen LogP contribution in [0.5, 0.6) is 0 Å². The topological polar surface area (TPSA) is 81.1 Å². The van der Waals surface area contributed by atoms with Crippen LogP contribution in [0, 0.1) is 0 Å². The molecule has 2 rings (SSSR count). The second kappa shape index (κ2) is 4.89. The Balaban J connectivity index is 1.96. The molecule has 2 aromatic heterocycles. The second-order valence-corrected chi connectivity index (χ2v) is 3.88. The lowest BCUT2D eigenvalue weighted by Gasteiger charge is -2.07. The lowest BCUT2D eigenvalue weighted by Crippen LogP contribution is -2.16. The number of rotatable bonds is 5. The van der Waals surface area contributed by atoms with Crippen LogP contribution in [0.2, 0.25) is 0 Å². The summed E-state index contributed by atoms with van der Waals surface area (Å²) in [7, 11) is 0. The van der Waals surface area contributed by atoms with E-state index in [1.807, 2.05) is 17.5 Å². The van der Waals surface area contributed by atoms with Crippen LogP contribution in [0.3, 0.4) is 0 Å². The zero-order valence-corrected chi connectivity index (χ0v) is 9.30. The highest BCUT2D eigenvalue weighted by Gasteiger charge is 2.03. The molecule has 6 nitrogen and oxygen atoms in total. The van der Waals surface area contributed by atoms with Crippen LogP contribution < -0.4 is 11.1 Å². The van der Waals surface area contributed by atoms with Crippen LogP contribution in [0.25, 0.3) is 5.65 Å². The maximum atomic E-state index is 5.68. The Bertz CT molecular complexity index is 449. The van der Waals surface area contributed by atoms with Crippen molar-refractivity contribution < 1.29 is 0 Å². The molecule has 1 unspecified atom stereocenters. The fourth-order valence-electron chi connectivity index (χ4n) is 1.51. The van der Waals surface area contributed by atoms with Crippen molar-refractivity contribution in [2.45, 2.75) is 25.8 Å². The first kappa shape index (κ1) is 10.8. The van der Waals surface area contributed by atoms with Gasteiger partial charge in [-0.05, 0) is 19.8 Å². The molecule has 0 fully saturated rings. The Kier molecular flexibility index (Phi) is 3.31. The molecule has 0 aliphatic rings. The summed E-state index contributed by atoms with van der Waals surface area (Å²) in [4.78, 5) is 4.23. The van der Waals surface area contributed by atoms with E-state index in [0.29, 0.717) is 0 Å². The van der Waals surface area contributed by atoms with Crippen LogP contribution in [-0.4, -0.2) is 32.2 Å². The predicted octanol–water partition coefficient (Wildman–Crippen LogP) is 0.664. The molecule has 0 saturated heterocycles. The summed E-state index contributed by atoms with van der Waals surface area (Å²) < 4.78 is 1.83. The molecular formula is C10H16N6. The van der Waals surface area contributed by atoms with Gasteiger partial charge in [-0.3, -0.25) is 4.40 Å². The average molecular weight is 220 g/mol. The SMILES string of the molecule is CC(N)CCCNc1nccn2cnnc12. The first-order valence-electron chi connectivity index (χ1n) is 5.41. The van der Waals surface area contributed by atoms with E-state index < -0.39 is 0 Å². The lowest BCUT2D eigenvalue weighted by atomic mass is 10.2. The summed E-state index contributed by atoms with van der Waals surface area (Å²) >= 11 is 0. The number of anilines is 1. The fourth-order valence-corrected chi connectivity index (χ4v) is 1.51. The van der Waals surface area contributed by atoms with E-state index in [4.69, 9.17) is 5.73 Å². The Hall–Kier alpha value is -1.69. The fraction of sp³-hybridized carbons (Fsp3) is 0.500. The van der Waals surface area contributed by atoms with E-state index in [-0.39, 0.29) is 6.04 Å². The Morgan fingerprint density at radius 2 is 2.44 bits per heavy atom. The zero-order valence-electron chi connectivity index (χ0n) is 9.30. The van der Waals surface area contributed by atoms with Gasteiger partial charge in [0.15, 0.2) is 5.82 Å². The number of hydrogen-bond donors (Lipinski definition) is 2. The molecule has 0 spiro atoms. The third kappa shape index (κ3) is 2.46. The largest absolute Gasteiger partial charge is 0.367 e. The molecular weight excluding hydrogens is 204 g/mol. The third-order valence-corrected chi connectivity index (χ3v) is 2.34. The highest BCUT2D eigenvalue weighted by atomic mass is 15.2. The number of nitrogens with two attached hydrogens (primary N) is 1. The van der Waals surface area contributed by atoms with Crippen molar-refractivity contribution in [3.63, 3.8) is 0 Å². The van der Waals surface area contributed by atoms with Gasteiger partial charge >= 0.3 is 0 Å². The van der Waals surface area contributed by atoms with E-state index in [0.717, 1.165) is 30.9 Å². The van der Waals surface area contributed by atoms with Crippen molar-refractivity contribution in [1.29, 1.82) is 0 Å². The molecule has 16 heavy (non-hydrogen) atoms. The minimum Gasteiger partial charge on any atom is -0.367 e. The maximum absolute atomic E-state index is 5.68. The number of hydrogen-bond acceptors (Lipinski definition) is 5. The summed E-state index contributed by atoms with van der Waals surface area (Å²) in [5, 5.41) is 11.1. The maximum Gasteiger partial charge on any atom is 0.203 e. The van der Waals surface area contributed by atoms with Gasteiger partial charge in [0.05, 0.1) is 0 Å². The summed E-state index contributed by atoms with van der Waals surface area (Å²) in [5.74, 6) is 0.768. The van der Waals surface area contributed by atoms with Gasteiger partial charge < -0.3 is 11.1 Å². The molecule has 0 amide bonds. The Labute approximate surface area is 93.9 Å². The molecule has 6 heteroatoms. The van der Waals surface area contributed by atoms with Gasteiger partial charge in [0.1, 0.15) is 6.33 Å². The highest BCUT2D eigenvalue weighted by molar-refractivity contribution is 5.61. The molecule has 2 aromatic rings. The summed E-state index contributed by atoms with van der Waals surface area (Å²) in [5.41, 5.74) is 6.43. The quantitative estimate of drug-likeness (QED) is 0.723. The van der Waals surface area contributed by atoms with E-state index in [1.165, 1.54) is 0 Å². The molecule has 0 saturated carbocycles. The van der Waals surface area contributed by atoms with Crippen molar-refractivity contribution in [3.8, 4) is 0 Å². The number of nitrogens with zero attached hydrogens (tertiary/aromatic N) is 4. The van der Waals surface area contributed by atoms with E-state index in [9.17, 15) is 0 Å². The van der Waals surface area contributed by atoms with Gasteiger partial charge in [-0.1, -0.05) is 0 Å². The van der Waals surface area contributed by atoms with Crippen LogP contribution in [0.15, 0.2) is 18.7 Å².